The zero-order chi connectivity index (χ0) is 37.1. The molecule has 0 fully saturated rings. The molecule has 2 heterocycles. The summed E-state index contributed by atoms with van der Waals surface area (Å²) in [6.45, 7) is 0. The van der Waals surface area contributed by atoms with Crippen LogP contribution in [0.1, 0.15) is 45.1 Å². The van der Waals surface area contributed by atoms with Crippen LogP contribution >= 0.6 is 11.3 Å². The van der Waals surface area contributed by atoms with E-state index in [1.807, 2.05) is 11.3 Å². The lowest BCUT2D eigenvalue weighted by Gasteiger charge is -2.34. The fourth-order valence-electron chi connectivity index (χ4n) is 9.09. The highest BCUT2D eigenvalue weighted by Gasteiger charge is 2.46. The number of aliphatic imine (C=N–C) groups is 1. The third-order valence-corrected chi connectivity index (χ3v) is 12.7. The molecule has 2 aliphatic rings. The monoisotopic (exact) mass is 732 g/mol. The highest BCUT2D eigenvalue weighted by atomic mass is 32.1. The van der Waals surface area contributed by atoms with Gasteiger partial charge < -0.3 is 5.32 Å². The molecule has 2 nitrogen and oxygen atoms in total. The van der Waals surface area contributed by atoms with Crippen LogP contribution in [0.15, 0.2) is 211 Å². The first-order valence-electron chi connectivity index (χ1n) is 19.2. The van der Waals surface area contributed by atoms with Gasteiger partial charge in [0.05, 0.1) is 11.1 Å². The van der Waals surface area contributed by atoms with Gasteiger partial charge in [-0.05, 0) is 86.0 Å². The van der Waals surface area contributed by atoms with E-state index in [0.29, 0.717) is 0 Å². The molecular weight excluding hydrogens is 697 g/mol. The molecule has 264 valence electrons. The van der Waals surface area contributed by atoms with Crippen molar-refractivity contribution in [3.63, 3.8) is 0 Å². The maximum absolute atomic E-state index is 5.31. The van der Waals surface area contributed by atoms with Crippen LogP contribution in [0.4, 0.5) is 0 Å². The average molecular weight is 733 g/mol. The Morgan fingerprint density at radius 1 is 0.446 bits per heavy atom. The Bertz CT molecular complexity index is 2940. The van der Waals surface area contributed by atoms with E-state index in [9.17, 15) is 0 Å². The van der Waals surface area contributed by atoms with Gasteiger partial charge in [-0.15, -0.1) is 11.3 Å². The van der Waals surface area contributed by atoms with Crippen LogP contribution in [0.3, 0.4) is 0 Å². The molecule has 56 heavy (non-hydrogen) atoms. The first kappa shape index (κ1) is 32.6. The molecule has 0 spiro atoms. The second-order valence-electron chi connectivity index (χ2n) is 14.7. The van der Waals surface area contributed by atoms with Crippen LogP contribution in [-0.4, -0.2) is 5.71 Å². The molecule has 0 saturated carbocycles. The van der Waals surface area contributed by atoms with Gasteiger partial charge in [0.1, 0.15) is 6.17 Å². The summed E-state index contributed by atoms with van der Waals surface area (Å²) in [5.74, 6) is 0. The van der Waals surface area contributed by atoms with Gasteiger partial charge in [-0.2, -0.15) is 0 Å². The maximum Gasteiger partial charge on any atom is 0.145 e. The summed E-state index contributed by atoms with van der Waals surface area (Å²) in [7, 11) is 0. The molecule has 1 unspecified atom stereocenters. The normalized spacial score (nSPS) is 15.5. The molecule has 0 radical (unpaired) electrons. The number of nitrogens with one attached hydrogen (secondary N) is 1. The number of hydrogen-bond donors (Lipinski definition) is 1. The van der Waals surface area contributed by atoms with Crippen LogP contribution in [0, 0.1) is 0 Å². The number of benzene rings is 8. The van der Waals surface area contributed by atoms with Crippen LogP contribution < -0.4 is 5.32 Å². The lowest BCUT2D eigenvalue weighted by atomic mass is 9.67. The zero-order valence-electron chi connectivity index (χ0n) is 30.6. The van der Waals surface area contributed by atoms with Crippen molar-refractivity contribution in [3.05, 3.63) is 245 Å². The van der Waals surface area contributed by atoms with Crippen molar-refractivity contribution in [2.24, 2.45) is 4.99 Å². The number of nitrogens with zero attached hydrogens (tertiary/aromatic N) is 1. The van der Waals surface area contributed by atoms with E-state index in [1.54, 1.807) is 0 Å². The molecule has 1 aliphatic heterocycles. The van der Waals surface area contributed by atoms with Crippen LogP contribution in [0.2, 0.25) is 0 Å². The first-order valence-corrected chi connectivity index (χ1v) is 20.1. The maximum atomic E-state index is 5.31. The molecule has 1 aliphatic carbocycles. The molecule has 0 bridgehead atoms. The number of fused-ring (bicyclic) bond motifs is 6. The lowest BCUT2D eigenvalue weighted by Crippen LogP contribution is -2.29. The predicted octanol–water partition coefficient (Wildman–Crippen LogP) is 13.2. The molecule has 1 atom stereocenters. The fourth-order valence-corrected chi connectivity index (χ4v) is 10.2. The van der Waals surface area contributed by atoms with Gasteiger partial charge >= 0.3 is 0 Å². The van der Waals surface area contributed by atoms with E-state index in [-0.39, 0.29) is 6.17 Å². The van der Waals surface area contributed by atoms with Gasteiger partial charge in [-0.25, -0.2) is 0 Å². The van der Waals surface area contributed by atoms with E-state index in [1.165, 1.54) is 64.7 Å². The number of thiophene rings is 1. The number of hydrogen-bond acceptors (Lipinski definition) is 3. The lowest BCUT2D eigenvalue weighted by molar-refractivity contribution is 0.664. The average Bonchev–Trinajstić information content (AvgIpc) is 3.80. The first-order chi connectivity index (χ1) is 27.8. The largest absolute Gasteiger partial charge is 0.359 e. The number of allylic oxidation sites excluding steroid dienone is 1. The molecule has 0 saturated heterocycles. The summed E-state index contributed by atoms with van der Waals surface area (Å²) < 4.78 is 2.60. The zero-order valence-corrected chi connectivity index (χ0v) is 31.4. The standard InChI is InChI=1S/C53H36N2S/c1-5-17-35(18-6-1)48-34-49(55-52(54-48)36-19-7-2-8-20-36)45-32-44-40-25-13-15-27-46(40)53(38-21-9-3-10-22-38,39-23-11-4-12-24-39)47(44)33-43(45)37-29-30-42-41-26-14-16-28-50(41)56-51(42)31-37/h1-34,52,55H. The summed E-state index contributed by atoms with van der Waals surface area (Å²) in [6, 6.07) is 73.1. The molecule has 1 aromatic heterocycles. The van der Waals surface area contributed by atoms with E-state index in [0.717, 1.165) is 28.1 Å². The smallest absolute Gasteiger partial charge is 0.145 e. The minimum absolute atomic E-state index is 0.252. The van der Waals surface area contributed by atoms with Crippen molar-refractivity contribution in [2.45, 2.75) is 11.6 Å². The molecule has 0 amide bonds. The Hall–Kier alpha value is -6.81. The van der Waals surface area contributed by atoms with Gasteiger partial charge in [0.2, 0.25) is 0 Å². The van der Waals surface area contributed by atoms with Crippen molar-refractivity contribution in [2.75, 3.05) is 0 Å². The Labute approximate surface area is 330 Å². The van der Waals surface area contributed by atoms with Gasteiger partial charge in [0.25, 0.3) is 0 Å². The van der Waals surface area contributed by atoms with Gasteiger partial charge in [-0.3, -0.25) is 4.99 Å². The fraction of sp³-hybridized carbons (Fsp3) is 0.0377. The van der Waals surface area contributed by atoms with Crippen molar-refractivity contribution in [3.8, 4) is 22.3 Å². The summed E-state index contributed by atoms with van der Waals surface area (Å²) in [6.07, 6.45) is 2.00. The van der Waals surface area contributed by atoms with Gasteiger partial charge in [0.15, 0.2) is 0 Å². The van der Waals surface area contributed by atoms with Crippen LogP contribution in [0.25, 0.3) is 48.1 Å². The minimum Gasteiger partial charge on any atom is -0.359 e. The quantitative estimate of drug-likeness (QED) is 0.181. The molecular formula is C53H36N2S. The summed E-state index contributed by atoms with van der Waals surface area (Å²) in [5.41, 5.74) is 14.9. The van der Waals surface area contributed by atoms with Crippen LogP contribution in [-0.2, 0) is 5.41 Å². The van der Waals surface area contributed by atoms with Gasteiger partial charge in [0, 0.05) is 31.4 Å². The Morgan fingerprint density at radius 3 is 1.82 bits per heavy atom. The Balaban J connectivity index is 1.22. The second kappa shape index (κ2) is 13.2. The van der Waals surface area contributed by atoms with Crippen LogP contribution in [0.5, 0.6) is 0 Å². The molecule has 8 aromatic carbocycles. The van der Waals surface area contributed by atoms with Gasteiger partial charge in [-0.1, -0.05) is 176 Å². The Morgan fingerprint density at radius 2 is 1.07 bits per heavy atom. The third-order valence-electron chi connectivity index (χ3n) is 11.6. The molecule has 1 N–H and O–H groups in total. The predicted molar refractivity (Wildman–Crippen MR) is 235 cm³/mol. The van der Waals surface area contributed by atoms with E-state index >= 15 is 0 Å². The number of rotatable bonds is 6. The van der Waals surface area contributed by atoms with Crippen molar-refractivity contribution in [1.82, 2.24) is 5.32 Å². The highest BCUT2D eigenvalue weighted by molar-refractivity contribution is 7.25. The van der Waals surface area contributed by atoms with E-state index in [4.69, 9.17) is 4.99 Å². The topological polar surface area (TPSA) is 24.4 Å². The van der Waals surface area contributed by atoms with Crippen molar-refractivity contribution in [1.29, 1.82) is 0 Å². The summed E-state index contributed by atoms with van der Waals surface area (Å²) in [5, 5.41) is 6.53. The molecule has 11 rings (SSSR count). The molecule has 3 heteroatoms. The summed E-state index contributed by atoms with van der Waals surface area (Å²) >= 11 is 1.87. The highest BCUT2D eigenvalue weighted by Crippen LogP contribution is 2.57. The van der Waals surface area contributed by atoms with E-state index < -0.39 is 5.41 Å². The van der Waals surface area contributed by atoms with Crippen molar-refractivity contribution < 1.29 is 0 Å². The minimum atomic E-state index is -0.513. The van der Waals surface area contributed by atoms with E-state index in [2.05, 4.69) is 212 Å². The SMILES string of the molecule is C1=C(c2cc3c(cc2-c2ccc4c(c2)sc2ccccc24)C(c2ccccc2)(c2ccccc2)c2ccccc2-3)NC(c2ccccc2)N=C1c1ccccc1. The molecule has 9 aromatic rings. The van der Waals surface area contributed by atoms with Crippen molar-refractivity contribution >= 4 is 42.9 Å². The third kappa shape index (κ3) is 5.12. The Kier molecular flexibility index (Phi) is 7.68. The summed E-state index contributed by atoms with van der Waals surface area (Å²) in [4.78, 5) is 5.31. The second-order valence-corrected chi connectivity index (χ2v) is 15.8.